The van der Waals surface area contributed by atoms with Gasteiger partial charge in [0.1, 0.15) is 5.41 Å². The number of methoxy groups -OCH3 is 1. The Balaban J connectivity index is 2.68. The first-order valence-corrected chi connectivity index (χ1v) is 6.15. The molecule has 0 spiro atoms. The standard InChI is InChI=1S/C14H16N2O4/c1-16-10-6-4-3-5-9(10)14(7-11(15)17,8-12(16)18)13(19)20-2/h3-6H,7-8H2,1-2H3,(H2,15,17)/t14-/m1/s1. The number of para-hydroxylation sites is 1. The van der Waals surface area contributed by atoms with Gasteiger partial charge in [-0.25, -0.2) is 0 Å². The highest BCUT2D eigenvalue weighted by Crippen LogP contribution is 2.43. The summed E-state index contributed by atoms with van der Waals surface area (Å²) in [6.45, 7) is 0. The summed E-state index contributed by atoms with van der Waals surface area (Å²) >= 11 is 0. The van der Waals surface area contributed by atoms with Crippen LogP contribution in [0.5, 0.6) is 0 Å². The number of fused-ring (bicyclic) bond motifs is 1. The summed E-state index contributed by atoms with van der Waals surface area (Å²) in [5.74, 6) is -1.52. The zero-order valence-corrected chi connectivity index (χ0v) is 11.4. The number of nitrogens with zero attached hydrogens (tertiary/aromatic N) is 1. The van der Waals surface area contributed by atoms with E-state index in [-0.39, 0.29) is 18.7 Å². The highest BCUT2D eigenvalue weighted by Gasteiger charge is 2.50. The monoisotopic (exact) mass is 276 g/mol. The van der Waals surface area contributed by atoms with Crippen molar-refractivity contribution >= 4 is 23.5 Å². The molecule has 0 aromatic heterocycles. The Hall–Kier alpha value is -2.37. The summed E-state index contributed by atoms with van der Waals surface area (Å²) in [6, 6.07) is 6.96. The maximum absolute atomic E-state index is 12.2. The van der Waals surface area contributed by atoms with Crippen molar-refractivity contribution in [3.63, 3.8) is 0 Å². The van der Waals surface area contributed by atoms with E-state index in [1.54, 1.807) is 31.3 Å². The van der Waals surface area contributed by atoms with E-state index in [1.165, 1.54) is 12.0 Å². The lowest BCUT2D eigenvalue weighted by Gasteiger charge is -2.38. The summed E-state index contributed by atoms with van der Waals surface area (Å²) in [5, 5.41) is 0. The van der Waals surface area contributed by atoms with Gasteiger partial charge in [0.2, 0.25) is 11.8 Å². The van der Waals surface area contributed by atoms with Gasteiger partial charge in [0.25, 0.3) is 0 Å². The molecular formula is C14H16N2O4. The lowest BCUT2D eigenvalue weighted by atomic mass is 9.71. The van der Waals surface area contributed by atoms with Gasteiger partial charge in [0, 0.05) is 25.6 Å². The minimum absolute atomic E-state index is 0.129. The third-order valence-electron chi connectivity index (χ3n) is 3.66. The number of esters is 1. The van der Waals surface area contributed by atoms with Gasteiger partial charge in [-0.15, -0.1) is 0 Å². The van der Waals surface area contributed by atoms with Crippen molar-refractivity contribution in [3.8, 4) is 0 Å². The fourth-order valence-electron chi connectivity index (χ4n) is 2.68. The van der Waals surface area contributed by atoms with E-state index in [9.17, 15) is 14.4 Å². The Labute approximate surface area is 116 Å². The van der Waals surface area contributed by atoms with E-state index in [0.717, 1.165) is 0 Å². The zero-order valence-electron chi connectivity index (χ0n) is 11.4. The smallest absolute Gasteiger partial charge is 0.317 e. The quantitative estimate of drug-likeness (QED) is 0.806. The number of anilines is 1. The first-order valence-electron chi connectivity index (χ1n) is 6.15. The molecule has 0 aliphatic carbocycles. The molecule has 1 atom stereocenters. The van der Waals surface area contributed by atoms with Crippen molar-refractivity contribution in [1.82, 2.24) is 0 Å². The van der Waals surface area contributed by atoms with Crippen LogP contribution in [0.2, 0.25) is 0 Å². The van der Waals surface area contributed by atoms with Crippen LogP contribution in [0.15, 0.2) is 24.3 Å². The minimum Gasteiger partial charge on any atom is -0.468 e. The minimum atomic E-state index is -1.33. The molecule has 2 amide bonds. The number of hydrogen-bond donors (Lipinski definition) is 1. The van der Waals surface area contributed by atoms with Gasteiger partial charge in [0.15, 0.2) is 0 Å². The Bertz CT molecular complexity index is 584. The summed E-state index contributed by atoms with van der Waals surface area (Å²) < 4.78 is 4.82. The zero-order chi connectivity index (χ0) is 14.9. The second kappa shape index (κ2) is 4.96. The third-order valence-corrected chi connectivity index (χ3v) is 3.66. The Morgan fingerprint density at radius 3 is 2.65 bits per heavy atom. The second-order valence-electron chi connectivity index (χ2n) is 4.86. The highest BCUT2D eigenvalue weighted by atomic mass is 16.5. The fourth-order valence-corrected chi connectivity index (χ4v) is 2.68. The lowest BCUT2D eigenvalue weighted by molar-refractivity contribution is -0.151. The largest absolute Gasteiger partial charge is 0.468 e. The van der Waals surface area contributed by atoms with Crippen molar-refractivity contribution < 1.29 is 19.1 Å². The summed E-state index contributed by atoms with van der Waals surface area (Å²) in [4.78, 5) is 37.2. The molecule has 6 nitrogen and oxygen atoms in total. The number of ether oxygens (including phenoxy) is 1. The fraction of sp³-hybridized carbons (Fsp3) is 0.357. The lowest BCUT2D eigenvalue weighted by Crippen LogP contribution is -2.49. The summed E-state index contributed by atoms with van der Waals surface area (Å²) in [6.07, 6.45) is -0.383. The molecule has 0 fully saturated rings. The van der Waals surface area contributed by atoms with Crippen molar-refractivity contribution in [2.24, 2.45) is 5.73 Å². The molecule has 0 bridgehead atoms. The first-order chi connectivity index (χ1) is 9.42. The van der Waals surface area contributed by atoms with Crippen LogP contribution in [0.3, 0.4) is 0 Å². The summed E-state index contributed by atoms with van der Waals surface area (Å²) in [7, 11) is 2.86. The Kier molecular flexibility index (Phi) is 3.48. The van der Waals surface area contributed by atoms with Gasteiger partial charge in [-0.05, 0) is 11.6 Å². The van der Waals surface area contributed by atoms with Crippen LogP contribution in [0.1, 0.15) is 18.4 Å². The van der Waals surface area contributed by atoms with Gasteiger partial charge in [-0.3, -0.25) is 14.4 Å². The molecule has 1 aromatic rings. The summed E-state index contributed by atoms with van der Waals surface area (Å²) in [5.41, 5.74) is 5.12. The molecule has 0 unspecified atom stereocenters. The topological polar surface area (TPSA) is 89.7 Å². The molecule has 6 heteroatoms. The van der Waals surface area contributed by atoms with Gasteiger partial charge in [0.05, 0.1) is 7.11 Å². The van der Waals surface area contributed by atoms with Gasteiger partial charge >= 0.3 is 5.97 Å². The average molecular weight is 276 g/mol. The molecule has 1 aromatic carbocycles. The number of amides is 2. The van der Waals surface area contributed by atoms with E-state index >= 15 is 0 Å². The molecular weight excluding hydrogens is 260 g/mol. The normalized spacial score (nSPS) is 21.3. The van der Waals surface area contributed by atoms with Gasteiger partial charge < -0.3 is 15.4 Å². The molecule has 2 N–H and O–H groups in total. The average Bonchev–Trinajstić information content (AvgIpc) is 2.43. The van der Waals surface area contributed by atoms with Crippen LogP contribution in [0, 0.1) is 0 Å². The molecule has 20 heavy (non-hydrogen) atoms. The van der Waals surface area contributed by atoms with Crippen LogP contribution in [0.25, 0.3) is 0 Å². The second-order valence-corrected chi connectivity index (χ2v) is 4.86. The Morgan fingerprint density at radius 1 is 1.40 bits per heavy atom. The number of hydrogen-bond acceptors (Lipinski definition) is 4. The maximum atomic E-state index is 12.2. The highest BCUT2D eigenvalue weighted by molar-refractivity contribution is 6.05. The number of rotatable bonds is 3. The van der Waals surface area contributed by atoms with E-state index in [0.29, 0.717) is 11.3 Å². The number of carbonyl (C=O) groups excluding carboxylic acids is 3. The van der Waals surface area contributed by atoms with E-state index < -0.39 is 17.3 Å². The van der Waals surface area contributed by atoms with Crippen molar-refractivity contribution in [2.45, 2.75) is 18.3 Å². The molecule has 1 heterocycles. The Morgan fingerprint density at radius 2 is 2.05 bits per heavy atom. The molecule has 2 rings (SSSR count). The molecule has 1 aliphatic heterocycles. The predicted octanol–water partition coefficient (Wildman–Crippen LogP) is 0.339. The van der Waals surface area contributed by atoms with Crippen molar-refractivity contribution in [3.05, 3.63) is 29.8 Å². The SMILES string of the molecule is COC(=O)[C@]1(CC(N)=O)CC(=O)N(C)c2ccccc21. The molecule has 0 saturated heterocycles. The van der Waals surface area contributed by atoms with Gasteiger partial charge in [-0.2, -0.15) is 0 Å². The molecule has 0 radical (unpaired) electrons. The first kappa shape index (κ1) is 14.0. The predicted molar refractivity (Wildman–Crippen MR) is 72.0 cm³/mol. The van der Waals surface area contributed by atoms with Crippen LogP contribution >= 0.6 is 0 Å². The van der Waals surface area contributed by atoms with E-state index in [1.807, 2.05) is 0 Å². The van der Waals surface area contributed by atoms with Crippen molar-refractivity contribution in [2.75, 3.05) is 19.1 Å². The van der Waals surface area contributed by atoms with Crippen molar-refractivity contribution in [1.29, 1.82) is 0 Å². The van der Waals surface area contributed by atoms with Gasteiger partial charge in [-0.1, -0.05) is 18.2 Å². The molecule has 0 saturated carbocycles. The maximum Gasteiger partial charge on any atom is 0.317 e. The molecule has 1 aliphatic rings. The van der Waals surface area contributed by atoms with E-state index in [4.69, 9.17) is 10.5 Å². The number of benzene rings is 1. The number of nitrogens with two attached hydrogens (primary N) is 1. The van der Waals surface area contributed by atoms with Crippen LogP contribution in [-0.2, 0) is 24.5 Å². The van der Waals surface area contributed by atoms with Crippen LogP contribution in [-0.4, -0.2) is 31.9 Å². The van der Waals surface area contributed by atoms with Crippen LogP contribution in [0.4, 0.5) is 5.69 Å². The number of primary amides is 1. The van der Waals surface area contributed by atoms with Crippen LogP contribution < -0.4 is 10.6 Å². The number of carbonyl (C=O) groups is 3. The third kappa shape index (κ3) is 2.03. The molecule has 106 valence electrons. The van der Waals surface area contributed by atoms with E-state index in [2.05, 4.69) is 0 Å².